The molecule has 0 bridgehead atoms. The van der Waals surface area contributed by atoms with Gasteiger partial charge in [-0.15, -0.1) is 0 Å². The molecule has 1 fully saturated rings. The van der Waals surface area contributed by atoms with Crippen LogP contribution in [-0.4, -0.2) is 57.1 Å². The first kappa shape index (κ1) is 12.6. The third-order valence-corrected chi connectivity index (χ3v) is 3.02. The molecule has 84 valence electrons. The van der Waals surface area contributed by atoms with Gasteiger partial charge in [0.15, 0.2) is 6.29 Å². The molecule has 0 radical (unpaired) electrons. The zero-order valence-corrected chi connectivity index (χ0v) is 9.99. The minimum Gasteiger partial charge on any atom is -0.388 e. The topological polar surface area (TPSA) is 79.2 Å². The predicted molar refractivity (Wildman–Crippen MR) is 57.2 cm³/mol. The quantitative estimate of drug-likeness (QED) is 0.473. The van der Waals surface area contributed by atoms with Crippen molar-refractivity contribution in [2.45, 2.75) is 37.6 Å². The van der Waals surface area contributed by atoms with Crippen LogP contribution < -0.4 is 0 Å². The fourth-order valence-corrected chi connectivity index (χ4v) is 2.07. The summed E-state index contributed by atoms with van der Waals surface area (Å²) in [5.41, 5.74) is 0. The second kappa shape index (κ2) is 5.57. The van der Waals surface area contributed by atoms with Crippen LogP contribution in [0, 0.1) is 0 Å². The lowest BCUT2D eigenvalue weighted by Crippen LogP contribution is -2.58. The Morgan fingerprint density at radius 3 is 2.36 bits per heavy atom. The minimum absolute atomic E-state index is 0.387. The van der Waals surface area contributed by atoms with Gasteiger partial charge in [0.1, 0.15) is 18.3 Å². The summed E-state index contributed by atoms with van der Waals surface area (Å²) in [6.45, 7) is 2.16. The molecule has 1 rings (SSSR count). The van der Waals surface area contributed by atoms with Crippen LogP contribution in [0.3, 0.4) is 0 Å². The van der Waals surface area contributed by atoms with Gasteiger partial charge in [-0.1, -0.05) is 22.6 Å². The first-order valence-electron chi connectivity index (χ1n) is 4.49. The normalized spacial score (nSPS) is 43.9. The Balaban J connectivity index is 2.63. The van der Waals surface area contributed by atoms with Crippen molar-refractivity contribution >= 4 is 22.6 Å². The molecule has 3 N–H and O–H groups in total. The van der Waals surface area contributed by atoms with E-state index in [1.54, 1.807) is 6.92 Å². The Bertz CT molecular complexity index is 175. The van der Waals surface area contributed by atoms with E-state index in [4.69, 9.17) is 9.47 Å². The zero-order valence-electron chi connectivity index (χ0n) is 7.84. The van der Waals surface area contributed by atoms with Crippen molar-refractivity contribution in [3.05, 3.63) is 0 Å². The monoisotopic (exact) mass is 314 g/mol. The van der Waals surface area contributed by atoms with Gasteiger partial charge >= 0.3 is 0 Å². The first-order valence-corrected chi connectivity index (χ1v) is 6.01. The van der Waals surface area contributed by atoms with Crippen LogP contribution >= 0.6 is 22.6 Å². The number of alkyl halides is 1. The maximum absolute atomic E-state index is 9.50. The fourth-order valence-electron chi connectivity index (χ4n) is 1.35. The highest BCUT2D eigenvalue weighted by Crippen LogP contribution is 2.23. The molecular weight excluding hydrogens is 299 g/mol. The Morgan fingerprint density at radius 1 is 1.21 bits per heavy atom. The summed E-state index contributed by atoms with van der Waals surface area (Å²) in [6, 6.07) is 0. The van der Waals surface area contributed by atoms with E-state index in [9.17, 15) is 15.3 Å². The first-order chi connectivity index (χ1) is 6.61. The molecule has 6 heteroatoms. The number of ether oxygens (including phenoxy) is 2. The van der Waals surface area contributed by atoms with Crippen LogP contribution in [0.25, 0.3) is 0 Å². The van der Waals surface area contributed by atoms with Gasteiger partial charge in [0.2, 0.25) is 0 Å². The molecule has 5 nitrogen and oxygen atoms in total. The molecule has 0 aromatic heterocycles. The van der Waals surface area contributed by atoms with E-state index in [-0.39, 0.29) is 0 Å². The SMILES string of the molecule is CCOC1O[C@H](C[123I])[C@@H](O)[C@H](O)[C@H]1O. The Morgan fingerprint density at radius 2 is 1.86 bits per heavy atom. The van der Waals surface area contributed by atoms with Gasteiger partial charge < -0.3 is 24.8 Å². The molecule has 0 aromatic rings. The third kappa shape index (κ3) is 2.56. The van der Waals surface area contributed by atoms with Crippen LogP contribution in [0.2, 0.25) is 0 Å². The van der Waals surface area contributed by atoms with Crippen LogP contribution in [0.4, 0.5) is 0 Å². The maximum Gasteiger partial charge on any atom is 0.186 e. The van der Waals surface area contributed by atoms with E-state index in [1.165, 1.54) is 0 Å². The van der Waals surface area contributed by atoms with E-state index >= 15 is 0 Å². The molecule has 5 atom stereocenters. The fraction of sp³-hybridized carbons (Fsp3) is 1.00. The van der Waals surface area contributed by atoms with E-state index in [0.29, 0.717) is 11.0 Å². The van der Waals surface area contributed by atoms with Gasteiger partial charge in [-0.05, 0) is 6.92 Å². The predicted octanol–water partition coefficient (Wildman–Crippen LogP) is -0.734. The van der Waals surface area contributed by atoms with Crippen molar-refractivity contribution in [3.63, 3.8) is 0 Å². The standard InChI is InChI=1S/C8H15IO5/c1-2-13-8-7(12)6(11)5(10)4(3-9)14-8/h4-8,10-12H,2-3H2,1H3/t4-,5-,6+,7-,8?/m1/s1/i9-4. The van der Waals surface area contributed by atoms with Crippen molar-refractivity contribution in [1.82, 2.24) is 0 Å². The minimum atomic E-state index is -1.21. The number of aliphatic hydroxyl groups is 3. The molecule has 1 aliphatic rings. The summed E-state index contributed by atoms with van der Waals surface area (Å²) in [5, 5.41) is 28.5. The van der Waals surface area contributed by atoms with Gasteiger partial charge in [-0.25, -0.2) is 0 Å². The van der Waals surface area contributed by atoms with Crippen molar-refractivity contribution < 1.29 is 24.8 Å². The molecule has 0 saturated carbocycles. The molecule has 0 aromatic carbocycles. The van der Waals surface area contributed by atoms with Crippen LogP contribution in [0.5, 0.6) is 0 Å². The Kier molecular flexibility index (Phi) is 5.01. The summed E-state index contributed by atoms with van der Waals surface area (Å²) in [4.78, 5) is 0. The van der Waals surface area contributed by atoms with E-state index < -0.39 is 30.7 Å². The lowest BCUT2D eigenvalue weighted by molar-refractivity contribution is -0.290. The van der Waals surface area contributed by atoms with Gasteiger partial charge in [0.05, 0.1) is 6.10 Å². The van der Waals surface area contributed by atoms with Crippen LogP contribution in [-0.2, 0) is 9.47 Å². The average molecular weight is 314 g/mol. The smallest absolute Gasteiger partial charge is 0.186 e. The number of rotatable bonds is 3. The van der Waals surface area contributed by atoms with E-state index in [2.05, 4.69) is 0 Å². The van der Waals surface area contributed by atoms with Crippen molar-refractivity contribution in [1.29, 1.82) is 0 Å². The Hall–Kier alpha value is 0.530. The van der Waals surface area contributed by atoms with Crippen molar-refractivity contribution in [2.24, 2.45) is 0 Å². The highest BCUT2D eigenvalue weighted by atomic mass is 123. The summed E-state index contributed by atoms with van der Waals surface area (Å²) in [7, 11) is 0. The molecule has 14 heavy (non-hydrogen) atoms. The maximum atomic E-state index is 9.50. The molecule has 0 aliphatic carbocycles. The number of hydrogen-bond acceptors (Lipinski definition) is 5. The van der Waals surface area contributed by atoms with E-state index in [0.717, 1.165) is 0 Å². The van der Waals surface area contributed by atoms with Crippen LogP contribution in [0.15, 0.2) is 0 Å². The number of hydrogen-bond donors (Lipinski definition) is 3. The number of aliphatic hydroxyl groups excluding tert-OH is 3. The van der Waals surface area contributed by atoms with E-state index in [1.807, 2.05) is 22.6 Å². The molecule has 0 spiro atoms. The lowest BCUT2D eigenvalue weighted by Gasteiger charge is -2.39. The molecule has 1 aliphatic heterocycles. The molecule has 1 heterocycles. The van der Waals surface area contributed by atoms with Crippen LogP contribution in [0.1, 0.15) is 6.92 Å². The van der Waals surface area contributed by atoms with Gasteiger partial charge in [0.25, 0.3) is 0 Å². The van der Waals surface area contributed by atoms with Crippen molar-refractivity contribution in [3.8, 4) is 0 Å². The number of halogens is 1. The second-order valence-electron chi connectivity index (χ2n) is 3.12. The summed E-state index contributed by atoms with van der Waals surface area (Å²) >= 11 is 2.04. The zero-order chi connectivity index (χ0) is 10.7. The van der Waals surface area contributed by atoms with Gasteiger partial charge in [-0.3, -0.25) is 0 Å². The van der Waals surface area contributed by atoms with Gasteiger partial charge in [-0.2, -0.15) is 0 Å². The second-order valence-corrected chi connectivity index (χ2v) is 4.01. The lowest BCUT2D eigenvalue weighted by atomic mass is 10.0. The summed E-state index contributed by atoms with van der Waals surface area (Å²) in [5.74, 6) is 0. The third-order valence-electron chi connectivity index (χ3n) is 2.15. The highest BCUT2D eigenvalue weighted by molar-refractivity contribution is 14.1. The van der Waals surface area contributed by atoms with Gasteiger partial charge in [0, 0.05) is 11.0 Å². The Labute approximate surface area is 96.2 Å². The molecule has 1 unspecified atom stereocenters. The van der Waals surface area contributed by atoms with Crippen molar-refractivity contribution in [2.75, 3.05) is 11.0 Å². The summed E-state index contributed by atoms with van der Waals surface area (Å²) in [6.07, 6.45) is -4.80. The molecule has 0 amide bonds. The largest absolute Gasteiger partial charge is 0.388 e. The average Bonchev–Trinajstić information content (AvgIpc) is 2.19. The molecular formula is C8H15IO5. The molecule has 1 saturated heterocycles. The highest BCUT2D eigenvalue weighted by Gasteiger charge is 2.43. The summed E-state index contributed by atoms with van der Waals surface area (Å²) < 4.78 is 10.9.